The molecule has 3 aromatic rings. The van der Waals surface area contributed by atoms with Crippen molar-refractivity contribution in [3.8, 4) is 22.9 Å². The highest BCUT2D eigenvalue weighted by Gasteiger charge is 2.11. The zero-order chi connectivity index (χ0) is 17.1. The van der Waals surface area contributed by atoms with Gasteiger partial charge in [-0.1, -0.05) is 0 Å². The van der Waals surface area contributed by atoms with E-state index in [9.17, 15) is 5.11 Å². The molecular formula is C17H16N4O2S. The van der Waals surface area contributed by atoms with Gasteiger partial charge in [-0.25, -0.2) is 16.5 Å². The van der Waals surface area contributed by atoms with Crippen LogP contribution in [0.2, 0.25) is 0 Å². The van der Waals surface area contributed by atoms with Crippen LogP contribution >= 0.6 is 11.3 Å². The molecule has 0 aliphatic rings. The van der Waals surface area contributed by atoms with Crippen molar-refractivity contribution < 1.29 is 9.84 Å². The highest BCUT2D eigenvalue weighted by atomic mass is 32.1. The Labute approximate surface area is 143 Å². The molecule has 2 heterocycles. The summed E-state index contributed by atoms with van der Waals surface area (Å²) in [6.45, 7) is 10.8. The van der Waals surface area contributed by atoms with Gasteiger partial charge in [-0.05, 0) is 26.0 Å². The van der Waals surface area contributed by atoms with Crippen molar-refractivity contribution in [2.24, 2.45) is 0 Å². The van der Waals surface area contributed by atoms with Crippen LogP contribution in [0.1, 0.15) is 13.8 Å². The molecule has 0 radical (unpaired) electrons. The number of benzene rings is 1. The van der Waals surface area contributed by atoms with Crippen LogP contribution in [0, 0.1) is 6.57 Å². The Morgan fingerprint density at radius 3 is 2.88 bits per heavy atom. The number of thiazole rings is 1. The van der Waals surface area contributed by atoms with Crippen LogP contribution in [-0.4, -0.2) is 27.8 Å². The molecule has 3 rings (SSSR count). The molecule has 0 saturated heterocycles. The van der Waals surface area contributed by atoms with Crippen molar-refractivity contribution in [1.29, 1.82) is 0 Å². The number of anilines is 1. The minimum atomic E-state index is -0.0481. The molecule has 0 saturated carbocycles. The Hall–Kier alpha value is -2.85. The molecule has 0 aliphatic heterocycles. The quantitative estimate of drug-likeness (QED) is 0.683. The lowest BCUT2D eigenvalue weighted by atomic mass is 10.1. The second-order valence-corrected chi connectivity index (χ2v) is 6.33. The van der Waals surface area contributed by atoms with Gasteiger partial charge in [0.1, 0.15) is 17.2 Å². The molecule has 2 aromatic heterocycles. The second-order valence-electron chi connectivity index (χ2n) is 5.47. The van der Waals surface area contributed by atoms with Gasteiger partial charge >= 0.3 is 6.73 Å². The molecule has 6 nitrogen and oxygen atoms in total. The Bertz CT molecular complexity index is 915. The predicted molar refractivity (Wildman–Crippen MR) is 95.4 cm³/mol. The number of pyridine rings is 1. The van der Waals surface area contributed by atoms with Crippen LogP contribution in [0.5, 0.6) is 11.5 Å². The maximum Gasteiger partial charge on any atom is 0.357 e. The lowest BCUT2D eigenvalue weighted by molar-refractivity contribution is 0.361. The van der Waals surface area contributed by atoms with Gasteiger partial charge in [0.05, 0.1) is 11.2 Å². The molecule has 0 atom stereocenters. The fourth-order valence-electron chi connectivity index (χ4n) is 2.22. The molecule has 7 heteroatoms. The molecule has 2 N–H and O–H groups in total. The fraction of sp³-hybridized carbons (Fsp3) is 0.235. The van der Waals surface area contributed by atoms with Crippen LogP contribution in [0.3, 0.4) is 0 Å². The van der Waals surface area contributed by atoms with E-state index < -0.39 is 0 Å². The van der Waals surface area contributed by atoms with Crippen LogP contribution in [0.4, 0.5) is 5.13 Å². The fourth-order valence-corrected chi connectivity index (χ4v) is 3.07. The summed E-state index contributed by atoms with van der Waals surface area (Å²) in [5.74, 6) is 0.682. The summed E-state index contributed by atoms with van der Waals surface area (Å²) >= 11 is 1.50. The molecule has 122 valence electrons. The lowest BCUT2D eigenvalue weighted by Crippen LogP contribution is -2.09. The maximum atomic E-state index is 10.3. The first kappa shape index (κ1) is 16.0. The largest absolute Gasteiger partial charge is 0.507 e. The van der Waals surface area contributed by atoms with E-state index in [1.807, 2.05) is 19.2 Å². The molecular weight excluding hydrogens is 324 g/mol. The summed E-state index contributed by atoms with van der Waals surface area (Å²) < 4.78 is 5.30. The molecule has 0 unspecified atom stereocenters. The number of hydrogen-bond acceptors (Lipinski definition) is 6. The average molecular weight is 340 g/mol. The van der Waals surface area contributed by atoms with Gasteiger partial charge in [-0.3, -0.25) is 4.85 Å². The van der Waals surface area contributed by atoms with E-state index in [0.717, 1.165) is 5.13 Å². The first-order valence-corrected chi connectivity index (χ1v) is 8.27. The zero-order valence-corrected chi connectivity index (χ0v) is 14.1. The highest BCUT2D eigenvalue weighted by molar-refractivity contribution is 7.14. The van der Waals surface area contributed by atoms with Crippen LogP contribution in [-0.2, 0) is 0 Å². The lowest BCUT2D eigenvalue weighted by Gasteiger charge is -2.06. The summed E-state index contributed by atoms with van der Waals surface area (Å²) in [5.41, 5.74) is 1.89. The Morgan fingerprint density at radius 1 is 1.29 bits per heavy atom. The highest BCUT2D eigenvalue weighted by Crippen LogP contribution is 2.32. The van der Waals surface area contributed by atoms with E-state index in [1.165, 1.54) is 11.3 Å². The molecule has 0 spiro atoms. The Balaban J connectivity index is 1.99. The summed E-state index contributed by atoms with van der Waals surface area (Å²) in [6.07, 6.45) is 0. The van der Waals surface area contributed by atoms with Gasteiger partial charge in [0, 0.05) is 28.9 Å². The van der Waals surface area contributed by atoms with Gasteiger partial charge in [0.25, 0.3) is 0 Å². The molecule has 0 fully saturated rings. The van der Waals surface area contributed by atoms with E-state index in [1.54, 1.807) is 24.3 Å². The third-order valence-corrected chi connectivity index (χ3v) is 4.01. The molecule has 0 aliphatic carbocycles. The van der Waals surface area contributed by atoms with E-state index in [0.29, 0.717) is 34.1 Å². The van der Waals surface area contributed by atoms with Crippen molar-refractivity contribution in [2.45, 2.75) is 19.9 Å². The summed E-state index contributed by atoms with van der Waals surface area (Å²) in [5, 5.41) is 16.9. The van der Waals surface area contributed by atoms with Crippen molar-refractivity contribution >= 4 is 27.4 Å². The normalized spacial score (nSPS) is 10.8. The molecule has 0 amide bonds. The number of fused-ring (bicyclic) bond motifs is 1. The average Bonchev–Trinajstić information content (AvgIpc) is 3.00. The Kier molecular flexibility index (Phi) is 4.49. The number of nitrogens with one attached hydrogen (secondary N) is 1. The number of aromatic nitrogens is 2. The van der Waals surface area contributed by atoms with Crippen LogP contribution < -0.4 is 10.1 Å². The molecule has 24 heavy (non-hydrogen) atoms. The van der Waals surface area contributed by atoms with Crippen LogP contribution in [0.15, 0.2) is 29.6 Å². The number of hydrogen-bond donors (Lipinski definition) is 2. The molecule has 0 bridgehead atoms. The zero-order valence-electron chi connectivity index (χ0n) is 13.3. The third-order valence-electron chi connectivity index (χ3n) is 3.23. The number of nitrogens with zero attached hydrogens (tertiary/aromatic N) is 3. The minimum Gasteiger partial charge on any atom is -0.507 e. The van der Waals surface area contributed by atoms with Crippen molar-refractivity contribution in [3.05, 3.63) is 41.1 Å². The monoisotopic (exact) mass is 340 g/mol. The maximum absolute atomic E-state index is 10.3. The second kappa shape index (κ2) is 6.72. The van der Waals surface area contributed by atoms with Gasteiger partial charge < -0.3 is 15.2 Å². The van der Waals surface area contributed by atoms with Crippen molar-refractivity contribution in [2.75, 3.05) is 12.0 Å². The van der Waals surface area contributed by atoms with Crippen molar-refractivity contribution in [1.82, 2.24) is 9.97 Å². The van der Waals surface area contributed by atoms with Gasteiger partial charge in [0.15, 0.2) is 5.13 Å². The van der Waals surface area contributed by atoms with E-state index in [2.05, 4.69) is 20.1 Å². The number of aromatic hydroxyl groups is 1. The SMILES string of the molecule is [C-]#[N+]COc1ccc2c(O)cc(-c3csc(NC(C)C)n3)nc2c1. The number of ether oxygens (including phenoxy) is 1. The minimum absolute atomic E-state index is 0.0481. The van der Waals surface area contributed by atoms with E-state index >= 15 is 0 Å². The van der Waals surface area contributed by atoms with Crippen molar-refractivity contribution in [3.63, 3.8) is 0 Å². The smallest absolute Gasteiger partial charge is 0.357 e. The van der Waals surface area contributed by atoms with E-state index in [4.69, 9.17) is 11.3 Å². The predicted octanol–water partition coefficient (Wildman–Crippen LogP) is 4.14. The molecule has 1 aromatic carbocycles. The summed E-state index contributed by atoms with van der Waals surface area (Å²) in [4.78, 5) is 12.2. The summed E-state index contributed by atoms with van der Waals surface area (Å²) in [7, 11) is 0. The number of rotatable bonds is 5. The van der Waals surface area contributed by atoms with Crippen LogP contribution in [0.25, 0.3) is 27.1 Å². The Morgan fingerprint density at radius 2 is 2.12 bits per heavy atom. The van der Waals surface area contributed by atoms with E-state index in [-0.39, 0.29) is 12.5 Å². The first-order valence-electron chi connectivity index (χ1n) is 7.39. The van der Waals surface area contributed by atoms with Gasteiger partial charge in [-0.15, -0.1) is 11.3 Å². The first-order chi connectivity index (χ1) is 11.6. The standard InChI is InChI=1S/C17H16N4O2S/c1-10(2)19-17-21-15(8-24-17)14-7-16(22)12-5-4-11(23-9-18-3)6-13(12)20-14/h4-8,10H,9H2,1-2H3,(H,19,21)(H,20,22). The van der Waals surface area contributed by atoms with Gasteiger partial charge in [0.2, 0.25) is 0 Å². The topological polar surface area (TPSA) is 71.6 Å². The third kappa shape index (κ3) is 3.39. The summed E-state index contributed by atoms with van der Waals surface area (Å²) in [6, 6.07) is 7.05. The van der Waals surface area contributed by atoms with Gasteiger partial charge in [-0.2, -0.15) is 0 Å².